The van der Waals surface area contributed by atoms with Crippen LogP contribution in [0.25, 0.3) is 0 Å². The van der Waals surface area contributed by atoms with Crippen molar-refractivity contribution in [3.05, 3.63) is 29.6 Å². The molecular formula is C22H33FN2O4. The molecule has 6 nitrogen and oxygen atoms in total. The first kappa shape index (κ1) is 23.0. The topological polar surface area (TPSA) is 70.1 Å². The molecule has 0 bridgehead atoms. The van der Waals surface area contributed by atoms with Crippen molar-refractivity contribution < 1.29 is 23.8 Å². The first-order valence-electron chi connectivity index (χ1n) is 10.1. The summed E-state index contributed by atoms with van der Waals surface area (Å²) in [5, 5.41) is 9.73. The van der Waals surface area contributed by atoms with Crippen LogP contribution < -0.4 is 4.90 Å². The number of ether oxygens (including phenoxy) is 1. The Labute approximate surface area is 172 Å². The van der Waals surface area contributed by atoms with Crippen molar-refractivity contribution in [1.82, 2.24) is 4.90 Å². The zero-order valence-corrected chi connectivity index (χ0v) is 18.5. The summed E-state index contributed by atoms with van der Waals surface area (Å²) in [5.41, 5.74) is -0.848. The van der Waals surface area contributed by atoms with Crippen molar-refractivity contribution in [1.29, 1.82) is 0 Å². The number of hydrogen-bond donors (Lipinski definition) is 1. The molecule has 1 heterocycles. The van der Waals surface area contributed by atoms with Crippen LogP contribution in [0.5, 0.6) is 0 Å². The third kappa shape index (κ3) is 4.33. The number of fused-ring (bicyclic) bond motifs is 1. The highest BCUT2D eigenvalue weighted by molar-refractivity contribution is 5.91. The highest BCUT2D eigenvalue weighted by Gasteiger charge is 2.44. The minimum absolute atomic E-state index is 0.214. The zero-order valence-electron chi connectivity index (χ0n) is 18.5. The molecule has 7 heteroatoms. The summed E-state index contributed by atoms with van der Waals surface area (Å²) >= 11 is 0. The summed E-state index contributed by atoms with van der Waals surface area (Å²) < 4.78 is 19.9. The van der Waals surface area contributed by atoms with Crippen LogP contribution >= 0.6 is 0 Å². The first-order chi connectivity index (χ1) is 13.3. The minimum atomic E-state index is -1.02. The van der Waals surface area contributed by atoms with Crippen molar-refractivity contribution in [3.63, 3.8) is 0 Å². The molecule has 0 radical (unpaired) electrons. The molecule has 2 rings (SSSR count). The molecule has 1 aromatic rings. The Morgan fingerprint density at radius 2 is 1.79 bits per heavy atom. The molecule has 0 unspecified atom stereocenters. The number of carbonyl (C=O) groups excluding carboxylic acids is 1. The Kier molecular flexibility index (Phi) is 6.21. The molecule has 1 N–H and O–H groups in total. The van der Waals surface area contributed by atoms with Crippen molar-refractivity contribution in [3.8, 4) is 0 Å². The number of carbonyl (C=O) groups is 2. The van der Waals surface area contributed by atoms with Gasteiger partial charge < -0.3 is 9.84 Å². The number of rotatable bonds is 6. The molecule has 1 aliphatic heterocycles. The molecule has 0 aromatic heterocycles. The van der Waals surface area contributed by atoms with Crippen LogP contribution in [0.15, 0.2) is 18.2 Å². The molecule has 29 heavy (non-hydrogen) atoms. The summed E-state index contributed by atoms with van der Waals surface area (Å²) in [7, 11) is 0. The van der Waals surface area contributed by atoms with E-state index in [2.05, 4.69) is 0 Å². The van der Waals surface area contributed by atoms with E-state index >= 15 is 0 Å². The van der Waals surface area contributed by atoms with E-state index in [-0.39, 0.29) is 6.54 Å². The lowest BCUT2D eigenvalue weighted by Crippen LogP contribution is -2.58. The predicted molar refractivity (Wildman–Crippen MR) is 111 cm³/mol. The van der Waals surface area contributed by atoms with Gasteiger partial charge in [0.25, 0.3) is 0 Å². The van der Waals surface area contributed by atoms with Crippen molar-refractivity contribution in [2.24, 2.45) is 0 Å². The van der Waals surface area contributed by atoms with E-state index in [1.807, 2.05) is 48.5 Å². The van der Waals surface area contributed by atoms with Crippen LogP contribution in [0.2, 0.25) is 0 Å². The Morgan fingerprint density at radius 3 is 2.28 bits per heavy atom. The van der Waals surface area contributed by atoms with Crippen LogP contribution in [0.4, 0.5) is 19.7 Å². The summed E-state index contributed by atoms with van der Waals surface area (Å²) in [6.45, 7) is 13.3. The van der Waals surface area contributed by atoms with Crippen LogP contribution in [-0.4, -0.2) is 39.8 Å². The smallest absolute Gasteiger partial charge is 0.415 e. The van der Waals surface area contributed by atoms with Gasteiger partial charge in [0.1, 0.15) is 11.4 Å². The normalized spacial score (nSPS) is 16.3. The third-order valence-electron chi connectivity index (χ3n) is 5.80. The van der Waals surface area contributed by atoms with Gasteiger partial charge in [-0.15, -0.1) is 0 Å². The standard InChI is InChI=1S/C22H33FN2O4/c1-8-22(9-2)16-11-10-15(23)14-17(16)24(19(28)29-22)13-12-21(6,7)25(18(26)27)20(3,4)5/h10-11,14H,8-9,12-13H2,1-7H3,(H,26,27). The maximum absolute atomic E-state index is 14.1. The average molecular weight is 409 g/mol. The lowest BCUT2D eigenvalue weighted by molar-refractivity contribution is -0.00236. The van der Waals surface area contributed by atoms with Crippen LogP contribution in [0.3, 0.4) is 0 Å². The van der Waals surface area contributed by atoms with E-state index in [9.17, 15) is 19.1 Å². The van der Waals surface area contributed by atoms with Gasteiger partial charge >= 0.3 is 12.2 Å². The fourth-order valence-electron chi connectivity index (χ4n) is 4.43. The highest BCUT2D eigenvalue weighted by Crippen LogP contribution is 2.44. The van der Waals surface area contributed by atoms with Gasteiger partial charge in [-0.3, -0.25) is 9.80 Å². The average Bonchev–Trinajstić information content (AvgIpc) is 2.58. The fourth-order valence-corrected chi connectivity index (χ4v) is 4.43. The molecule has 2 amide bonds. The summed E-state index contributed by atoms with van der Waals surface area (Å²) in [4.78, 5) is 27.6. The monoisotopic (exact) mass is 408 g/mol. The largest absolute Gasteiger partial charge is 0.465 e. The summed E-state index contributed by atoms with van der Waals surface area (Å²) in [6.07, 6.45) is -0.00707. The van der Waals surface area contributed by atoms with E-state index in [0.717, 1.165) is 5.56 Å². The number of anilines is 1. The molecule has 0 atom stereocenters. The quantitative estimate of drug-likeness (QED) is 0.651. The zero-order chi connectivity index (χ0) is 22.2. The van der Waals surface area contributed by atoms with Crippen LogP contribution in [-0.2, 0) is 10.3 Å². The second kappa shape index (κ2) is 7.84. The molecule has 1 aromatic carbocycles. The molecule has 162 valence electrons. The van der Waals surface area contributed by atoms with E-state index in [4.69, 9.17) is 4.74 Å². The maximum atomic E-state index is 14.1. The third-order valence-corrected chi connectivity index (χ3v) is 5.80. The van der Waals surface area contributed by atoms with Gasteiger partial charge in [0.05, 0.1) is 5.69 Å². The number of amides is 2. The summed E-state index contributed by atoms with van der Waals surface area (Å²) in [6, 6.07) is 4.43. The Balaban J connectivity index is 2.39. The number of hydrogen-bond acceptors (Lipinski definition) is 3. The number of nitrogens with zero attached hydrogens (tertiary/aromatic N) is 2. The molecule has 0 aliphatic carbocycles. The molecule has 0 spiro atoms. The van der Waals surface area contributed by atoms with Gasteiger partial charge in [0, 0.05) is 23.2 Å². The molecule has 0 saturated heterocycles. The van der Waals surface area contributed by atoms with E-state index in [1.54, 1.807) is 6.07 Å². The molecule has 1 aliphatic rings. The number of cyclic esters (lactones) is 1. The van der Waals surface area contributed by atoms with Gasteiger partial charge in [0.2, 0.25) is 0 Å². The second-order valence-electron chi connectivity index (χ2n) is 9.23. The number of halogens is 1. The summed E-state index contributed by atoms with van der Waals surface area (Å²) in [5.74, 6) is -0.425. The Morgan fingerprint density at radius 1 is 1.21 bits per heavy atom. The fraction of sp³-hybridized carbons (Fsp3) is 0.636. The van der Waals surface area contributed by atoms with Crippen molar-refractivity contribution >= 4 is 17.9 Å². The van der Waals surface area contributed by atoms with Gasteiger partial charge in [-0.1, -0.05) is 19.9 Å². The van der Waals surface area contributed by atoms with Gasteiger partial charge in [-0.05, 0) is 66.0 Å². The predicted octanol–water partition coefficient (Wildman–Crippen LogP) is 5.74. The maximum Gasteiger partial charge on any atom is 0.415 e. The minimum Gasteiger partial charge on any atom is -0.465 e. The number of benzene rings is 1. The Bertz CT molecular complexity index is 782. The van der Waals surface area contributed by atoms with Crippen LogP contribution in [0, 0.1) is 5.82 Å². The van der Waals surface area contributed by atoms with Crippen molar-refractivity contribution in [2.75, 3.05) is 11.4 Å². The lowest BCUT2D eigenvalue weighted by atomic mass is 9.85. The molecule has 0 saturated carbocycles. The van der Waals surface area contributed by atoms with Gasteiger partial charge in [0.15, 0.2) is 0 Å². The number of carboxylic acid groups (broad SMARTS) is 1. The SMILES string of the molecule is CCC1(CC)OC(=O)N(CCC(C)(C)N(C(=O)O)C(C)(C)C)c2cc(F)ccc21. The van der Waals surface area contributed by atoms with Gasteiger partial charge in [-0.2, -0.15) is 0 Å². The molecule has 0 fully saturated rings. The van der Waals surface area contributed by atoms with Crippen molar-refractivity contribution in [2.45, 2.75) is 84.4 Å². The Hall–Kier alpha value is -2.31. The lowest BCUT2D eigenvalue weighted by Gasteiger charge is -2.47. The van der Waals surface area contributed by atoms with E-state index < -0.39 is 34.7 Å². The first-order valence-corrected chi connectivity index (χ1v) is 10.1. The van der Waals surface area contributed by atoms with E-state index in [0.29, 0.717) is 24.9 Å². The van der Waals surface area contributed by atoms with Crippen LogP contribution in [0.1, 0.15) is 73.3 Å². The van der Waals surface area contributed by atoms with E-state index in [1.165, 1.54) is 21.9 Å². The highest BCUT2D eigenvalue weighted by atomic mass is 19.1. The second-order valence-corrected chi connectivity index (χ2v) is 9.23. The molecular weight excluding hydrogens is 375 g/mol. The van der Waals surface area contributed by atoms with Gasteiger partial charge in [-0.25, -0.2) is 14.0 Å².